The standard InChI is InChI=1S/C20H19F3N2O3.C3H6O.C2H6/c1-11(2)9-27-19-16(21)17-15(8-24-19)25-18(28-17)12-3-5-14(6-4-12)26-10-13-7-20(13,22)23;1-3(2)4;1-2/h3-6,8,11,13H,7,9-10H2,1-2H3;1-2H3;1-2H3. The van der Waals surface area contributed by atoms with Crippen LogP contribution in [0.15, 0.2) is 34.9 Å². The fraction of sp³-hybridized carbons (Fsp3) is 0.480. The molecule has 186 valence electrons. The number of carbonyl (C=O) groups is 1. The van der Waals surface area contributed by atoms with Crippen molar-refractivity contribution in [2.24, 2.45) is 11.8 Å². The van der Waals surface area contributed by atoms with Gasteiger partial charge in [0.05, 0.1) is 25.3 Å². The third kappa shape index (κ3) is 7.46. The summed E-state index contributed by atoms with van der Waals surface area (Å²) in [6.07, 6.45) is 1.27. The van der Waals surface area contributed by atoms with E-state index in [2.05, 4.69) is 9.97 Å². The lowest BCUT2D eigenvalue weighted by Gasteiger charge is -2.07. The maximum Gasteiger partial charge on any atom is 0.255 e. The van der Waals surface area contributed by atoms with Gasteiger partial charge in [0, 0.05) is 12.0 Å². The molecule has 1 atom stereocenters. The molecule has 1 fully saturated rings. The van der Waals surface area contributed by atoms with Gasteiger partial charge in [-0.05, 0) is 44.0 Å². The van der Waals surface area contributed by atoms with E-state index in [0.717, 1.165) is 0 Å². The third-order valence-electron chi connectivity index (χ3n) is 4.41. The van der Waals surface area contributed by atoms with Crippen LogP contribution in [0.3, 0.4) is 0 Å². The molecule has 0 bridgehead atoms. The number of carbonyl (C=O) groups excluding carboxylic acids is 1. The molecule has 2 aromatic heterocycles. The van der Waals surface area contributed by atoms with Crippen LogP contribution in [0.5, 0.6) is 11.6 Å². The summed E-state index contributed by atoms with van der Waals surface area (Å²) in [6.45, 7) is 11.3. The summed E-state index contributed by atoms with van der Waals surface area (Å²) >= 11 is 0. The second kappa shape index (κ2) is 11.9. The van der Waals surface area contributed by atoms with Crippen molar-refractivity contribution in [2.75, 3.05) is 13.2 Å². The summed E-state index contributed by atoms with van der Waals surface area (Å²) in [7, 11) is 0. The Morgan fingerprint density at radius 2 is 1.76 bits per heavy atom. The highest BCUT2D eigenvalue weighted by molar-refractivity contribution is 5.77. The topological polar surface area (TPSA) is 74.5 Å². The molecule has 3 aromatic rings. The number of ketones is 1. The first-order chi connectivity index (χ1) is 16.1. The molecule has 6 nitrogen and oxygen atoms in total. The molecule has 34 heavy (non-hydrogen) atoms. The van der Waals surface area contributed by atoms with Gasteiger partial charge in [0.15, 0.2) is 5.58 Å². The number of halogens is 3. The van der Waals surface area contributed by atoms with E-state index < -0.39 is 17.7 Å². The summed E-state index contributed by atoms with van der Waals surface area (Å²) < 4.78 is 56.6. The largest absolute Gasteiger partial charge is 0.493 e. The first-order valence-electron chi connectivity index (χ1n) is 11.2. The van der Waals surface area contributed by atoms with Gasteiger partial charge >= 0.3 is 0 Å². The van der Waals surface area contributed by atoms with Crippen molar-refractivity contribution < 1.29 is 31.9 Å². The fourth-order valence-corrected chi connectivity index (χ4v) is 2.66. The maximum atomic E-state index is 14.6. The molecule has 0 N–H and O–H groups in total. The van der Waals surface area contributed by atoms with Gasteiger partial charge in [-0.3, -0.25) is 0 Å². The lowest BCUT2D eigenvalue weighted by molar-refractivity contribution is -0.115. The van der Waals surface area contributed by atoms with Crippen LogP contribution >= 0.6 is 0 Å². The van der Waals surface area contributed by atoms with Gasteiger partial charge in [0.1, 0.15) is 17.0 Å². The minimum absolute atomic E-state index is 0.0226. The molecule has 1 saturated carbocycles. The molecule has 0 saturated heterocycles. The number of hydrogen-bond donors (Lipinski definition) is 0. The van der Waals surface area contributed by atoms with E-state index in [1.807, 2.05) is 27.7 Å². The Morgan fingerprint density at radius 3 is 2.29 bits per heavy atom. The van der Waals surface area contributed by atoms with Crippen LogP contribution < -0.4 is 9.47 Å². The Bertz CT molecular complexity index is 1080. The molecule has 0 radical (unpaired) electrons. The number of ether oxygens (including phenoxy) is 2. The van der Waals surface area contributed by atoms with Gasteiger partial charge in [0.25, 0.3) is 11.8 Å². The Hall–Kier alpha value is -3.10. The smallest absolute Gasteiger partial charge is 0.255 e. The molecule has 0 amide bonds. The quantitative estimate of drug-likeness (QED) is 0.374. The molecule has 9 heteroatoms. The van der Waals surface area contributed by atoms with Gasteiger partial charge in [-0.25, -0.2) is 18.7 Å². The number of alkyl halides is 2. The van der Waals surface area contributed by atoms with Crippen LogP contribution in [0.2, 0.25) is 0 Å². The second-order valence-electron chi connectivity index (χ2n) is 8.22. The van der Waals surface area contributed by atoms with Crippen molar-refractivity contribution in [3.8, 4) is 23.1 Å². The number of Topliss-reactive ketones (excluding diaryl/α,β-unsaturated/α-hetero) is 1. The van der Waals surface area contributed by atoms with Crippen molar-refractivity contribution in [2.45, 2.75) is 53.9 Å². The molecule has 2 heterocycles. The molecule has 0 spiro atoms. The van der Waals surface area contributed by atoms with Gasteiger partial charge < -0.3 is 18.7 Å². The first kappa shape index (κ1) is 27.1. The van der Waals surface area contributed by atoms with Crippen LogP contribution in [0.4, 0.5) is 13.2 Å². The Kier molecular flexibility index (Phi) is 9.46. The molecule has 1 unspecified atom stereocenters. The Labute approximate surface area is 197 Å². The molecular weight excluding hydrogens is 449 g/mol. The van der Waals surface area contributed by atoms with Crippen LogP contribution in [-0.4, -0.2) is 34.9 Å². The van der Waals surface area contributed by atoms with E-state index in [-0.39, 0.29) is 47.6 Å². The summed E-state index contributed by atoms with van der Waals surface area (Å²) in [6, 6.07) is 6.62. The van der Waals surface area contributed by atoms with Gasteiger partial charge in [-0.2, -0.15) is 4.39 Å². The highest BCUT2D eigenvalue weighted by Gasteiger charge is 2.57. The first-order valence-corrected chi connectivity index (χ1v) is 11.2. The summed E-state index contributed by atoms with van der Waals surface area (Å²) in [5.41, 5.74) is 0.852. The van der Waals surface area contributed by atoms with E-state index in [4.69, 9.17) is 13.9 Å². The summed E-state index contributed by atoms with van der Waals surface area (Å²) in [5.74, 6) is -3.04. The number of rotatable bonds is 7. The lowest BCUT2D eigenvalue weighted by atomic mass is 10.2. The lowest BCUT2D eigenvalue weighted by Crippen LogP contribution is -2.07. The zero-order chi connectivity index (χ0) is 25.5. The molecular formula is C25H31F3N2O4. The summed E-state index contributed by atoms with van der Waals surface area (Å²) in [4.78, 5) is 17.6. The van der Waals surface area contributed by atoms with Crippen LogP contribution in [0, 0.1) is 17.7 Å². The fourth-order valence-electron chi connectivity index (χ4n) is 2.66. The summed E-state index contributed by atoms with van der Waals surface area (Å²) in [5, 5.41) is 0. The Morgan fingerprint density at radius 1 is 1.18 bits per heavy atom. The number of oxazole rings is 1. The molecule has 1 aliphatic carbocycles. The number of pyridine rings is 1. The van der Waals surface area contributed by atoms with E-state index in [0.29, 0.717) is 17.9 Å². The normalized spacial score (nSPS) is 15.6. The van der Waals surface area contributed by atoms with Crippen LogP contribution in [-0.2, 0) is 4.79 Å². The van der Waals surface area contributed by atoms with Gasteiger partial charge in [-0.1, -0.05) is 27.7 Å². The third-order valence-corrected chi connectivity index (χ3v) is 4.41. The van der Waals surface area contributed by atoms with Crippen molar-refractivity contribution in [1.82, 2.24) is 9.97 Å². The van der Waals surface area contributed by atoms with E-state index in [1.165, 1.54) is 20.0 Å². The molecule has 4 rings (SSSR count). The van der Waals surface area contributed by atoms with Crippen molar-refractivity contribution in [3.63, 3.8) is 0 Å². The zero-order valence-corrected chi connectivity index (χ0v) is 20.3. The van der Waals surface area contributed by atoms with Crippen molar-refractivity contribution >= 4 is 16.9 Å². The molecule has 1 aliphatic rings. The predicted octanol–water partition coefficient (Wildman–Crippen LogP) is 6.72. The van der Waals surface area contributed by atoms with E-state index in [9.17, 15) is 18.0 Å². The molecule has 0 aliphatic heterocycles. The number of benzene rings is 1. The van der Waals surface area contributed by atoms with Gasteiger partial charge in [-0.15, -0.1) is 0 Å². The van der Waals surface area contributed by atoms with Crippen molar-refractivity contribution in [3.05, 3.63) is 36.3 Å². The zero-order valence-electron chi connectivity index (χ0n) is 20.3. The SMILES string of the molecule is CC.CC(C)=O.CC(C)COc1ncc2nc(-c3ccc(OCC4CC4(F)F)cc3)oc2c1F. The van der Waals surface area contributed by atoms with Crippen LogP contribution in [0.25, 0.3) is 22.6 Å². The number of nitrogens with zero attached hydrogens (tertiary/aromatic N) is 2. The van der Waals surface area contributed by atoms with E-state index >= 15 is 0 Å². The minimum Gasteiger partial charge on any atom is -0.493 e. The number of aromatic nitrogens is 2. The number of fused-ring (bicyclic) bond motifs is 1. The minimum atomic E-state index is -2.60. The van der Waals surface area contributed by atoms with Crippen molar-refractivity contribution in [1.29, 1.82) is 0 Å². The Balaban J connectivity index is 0.000000618. The average molecular weight is 481 g/mol. The average Bonchev–Trinajstić information content (AvgIpc) is 3.18. The highest BCUT2D eigenvalue weighted by atomic mass is 19.3. The monoisotopic (exact) mass is 480 g/mol. The number of hydrogen-bond acceptors (Lipinski definition) is 6. The maximum absolute atomic E-state index is 14.6. The second-order valence-corrected chi connectivity index (χ2v) is 8.22. The highest BCUT2D eigenvalue weighted by Crippen LogP contribution is 2.48. The van der Waals surface area contributed by atoms with Gasteiger partial charge in [0.2, 0.25) is 11.7 Å². The van der Waals surface area contributed by atoms with Crippen LogP contribution in [0.1, 0.15) is 48.0 Å². The predicted molar refractivity (Wildman–Crippen MR) is 124 cm³/mol. The molecule has 1 aromatic carbocycles. The van der Waals surface area contributed by atoms with E-state index in [1.54, 1.807) is 24.3 Å².